The minimum atomic E-state index is -0.551. The van der Waals surface area contributed by atoms with Crippen LogP contribution < -0.4 is 15.5 Å². The molecule has 2 aliphatic rings. The van der Waals surface area contributed by atoms with Crippen molar-refractivity contribution in [2.24, 2.45) is 0 Å². The van der Waals surface area contributed by atoms with E-state index in [1.54, 1.807) is 0 Å². The van der Waals surface area contributed by atoms with E-state index in [4.69, 9.17) is 9.47 Å². The van der Waals surface area contributed by atoms with Crippen LogP contribution in [0.4, 0.5) is 0 Å². The van der Waals surface area contributed by atoms with Gasteiger partial charge in [-0.1, -0.05) is 13.8 Å². The Kier molecular flexibility index (Phi) is 20.6. The molecule has 0 spiro atoms. The zero-order valence-corrected chi connectivity index (χ0v) is 28.5. The average Bonchev–Trinajstić information content (AvgIpc) is 3.43. The Morgan fingerprint density at radius 1 is 0.744 bits per heavy atom. The number of rotatable bonds is 19. The zero-order valence-electron chi connectivity index (χ0n) is 24.6. The van der Waals surface area contributed by atoms with Gasteiger partial charge in [-0.25, -0.2) is 0 Å². The molecule has 7 amide bonds. The molecule has 14 nitrogen and oxygen atoms in total. The molecular weight excluding hydrogens is 640 g/mol. The fourth-order valence-corrected chi connectivity index (χ4v) is 6.12. The van der Waals surface area contributed by atoms with Crippen molar-refractivity contribution in [1.82, 2.24) is 25.3 Å². The molecule has 2 fully saturated rings. The first-order chi connectivity index (χ1) is 20.6. The standard InChI is InChI=1S/C14H24N3O5PS.C11H19N2O4PS/c1-2-6-22-7-4-15-11(18)3-5-17-13(20)8-10(14(17)21)24-9-12(19)16-23;1-2-4-17-5-3-13-10(15)6-8(11(13)16)19-7-9(14)12-18/h10H,2-9,23H2,1H3,(H,15,18)(H,16,19);8H,2-7,18H2,1H3,(H,12,14). The van der Waals surface area contributed by atoms with Crippen LogP contribution in [0.3, 0.4) is 0 Å². The van der Waals surface area contributed by atoms with E-state index in [1.807, 2.05) is 13.8 Å². The van der Waals surface area contributed by atoms with E-state index < -0.39 is 10.5 Å². The highest BCUT2D eigenvalue weighted by molar-refractivity contribution is 8.01. The van der Waals surface area contributed by atoms with Crippen LogP contribution >= 0.6 is 42.3 Å². The Hall–Kier alpha value is -1.83. The van der Waals surface area contributed by atoms with E-state index >= 15 is 0 Å². The minimum Gasteiger partial charge on any atom is -0.380 e. The predicted molar refractivity (Wildman–Crippen MR) is 171 cm³/mol. The van der Waals surface area contributed by atoms with Crippen molar-refractivity contribution in [3.05, 3.63) is 0 Å². The summed E-state index contributed by atoms with van der Waals surface area (Å²) in [6.07, 6.45) is 2.13. The van der Waals surface area contributed by atoms with E-state index in [2.05, 4.69) is 34.3 Å². The second-order valence-corrected chi connectivity index (χ2v) is 12.2. The van der Waals surface area contributed by atoms with Crippen molar-refractivity contribution in [3.8, 4) is 0 Å². The van der Waals surface area contributed by atoms with Gasteiger partial charge in [-0.2, -0.15) is 0 Å². The lowest BCUT2D eigenvalue weighted by Gasteiger charge is -2.14. The van der Waals surface area contributed by atoms with Gasteiger partial charge in [-0.15, -0.1) is 23.5 Å². The highest BCUT2D eigenvalue weighted by Crippen LogP contribution is 2.26. The third-order valence-electron chi connectivity index (χ3n) is 5.85. The van der Waals surface area contributed by atoms with E-state index in [9.17, 15) is 33.6 Å². The topological polar surface area (TPSA) is 181 Å². The van der Waals surface area contributed by atoms with Crippen LogP contribution in [0.25, 0.3) is 0 Å². The summed E-state index contributed by atoms with van der Waals surface area (Å²) >= 11 is 2.33. The molecule has 0 aromatic rings. The van der Waals surface area contributed by atoms with Crippen molar-refractivity contribution in [2.75, 3.05) is 57.6 Å². The summed E-state index contributed by atoms with van der Waals surface area (Å²) in [6, 6.07) is 0. The van der Waals surface area contributed by atoms with Crippen molar-refractivity contribution >= 4 is 83.7 Å². The number of thioether (sulfide) groups is 2. The van der Waals surface area contributed by atoms with Gasteiger partial charge in [-0.3, -0.25) is 43.4 Å². The fourth-order valence-electron chi connectivity index (χ4n) is 3.68. The summed E-state index contributed by atoms with van der Waals surface area (Å²) in [5.41, 5.74) is 0. The Morgan fingerprint density at radius 3 is 1.67 bits per heavy atom. The molecule has 0 bridgehead atoms. The minimum absolute atomic E-state index is 0.0617. The van der Waals surface area contributed by atoms with Crippen molar-refractivity contribution in [1.29, 1.82) is 0 Å². The van der Waals surface area contributed by atoms with Gasteiger partial charge in [-0.05, 0) is 31.6 Å². The molecule has 4 atom stereocenters. The maximum absolute atomic E-state index is 12.2. The Balaban J connectivity index is 0.000000442. The number of carbonyl (C=O) groups is 7. The third-order valence-corrected chi connectivity index (χ3v) is 8.89. The first-order valence-electron chi connectivity index (χ1n) is 13.9. The van der Waals surface area contributed by atoms with Gasteiger partial charge in [0.15, 0.2) is 0 Å². The van der Waals surface area contributed by atoms with E-state index in [-0.39, 0.29) is 78.7 Å². The quantitative estimate of drug-likeness (QED) is 0.0938. The van der Waals surface area contributed by atoms with Gasteiger partial charge < -0.3 is 25.0 Å². The molecule has 2 rings (SSSR count). The first kappa shape index (κ1) is 39.2. The molecule has 3 N–H and O–H groups in total. The van der Waals surface area contributed by atoms with Crippen molar-refractivity contribution in [3.63, 3.8) is 0 Å². The smallest absolute Gasteiger partial charge is 0.242 e. The lowest BCUT2D eigenvalue weighted by Crippen LogP contribution is -2.36. The molecule has 2 heterocycles. The van der Waals surface area contributed by atoms with Gasteiger partial charge in [0.1, 0.15) is 0 Å². The summed E-state index contributed by atoms with van der Waals surface area (Å²) in [4.78, 5) is 84.1. The number of hydrogen-bond acceptors (Lipinski definition) is 11. The highest BCUT2D eigenvalue weighted by Gasteiger charge is 2.39. The number of hydrogen-bond donors (Lipinski definition) is 3. The van der Waals surface area contributed by atoms with Crippen LogP contribution in [0.5, 0.6) is 0 Å². The summed E-state index contributed by atoms with van der Waals surface area (Å²) in [6.45, 7) is 6.85. The predicted octanol–water partition coefficient (Wildman–Crippen LogP) is -0.134. The largest absolute Gasteiger partial charge is 0.380 e. The normalized spacial score (nSPS) is 18.0. The van der Waals surface area contributed by atoms with Crippen molar-refractivity contribution in [2.45, 2.75) is 56.5 Å². The molecule has 2 saturated heterocycles. The lowest BCUT2D eigenvalue weighted by molar-refractivity contribution is -0.140. The second-order valence-electron chi connectivity index (χ2n) is 9.23. The second kappa shape index (κ2) is 22.6. The Morgan fingerprint density at radius 2 is 1.21 bits per heavy atom. The molecule has 43 heavy (non-hydrogen) atoms. The van der Waals surface area contributed by atoms with E-state index in [1.165, 1.54) is 16.7 Å². The number of nitrogens with zero attached hydrogens (tertiary/aromatic N) is 2. The van der Waals surface area contributed by atoms with E-state index in [0.717, 1.165) is 29.5 Å². The number of nitrogens with one attached hydrogen (secondary N) is 3. The highest BCUT2D eigenvalue weighted by atomic mass is 32.2. The van der Waals surface area contributed by atoms with Gasteiger partial charge in [0.2, 0.25) is 41.4 Å². The van der Waals surface area contributed by atoms with Crippen LogP contribution in [-0.2, 0) is 43.0 Å². The third kappa shape index (κ3) is 15.1. The van der Waals surface area contributed by atoms with Gasteiger partial charge in [0.25, 0.3) is 0 Å². The number of imide groups is 2. The molecule has 0 radical (unpaired) electrons. The Bertz CT molecular complexity index is 979. The average molecular weight is 684 g/mol. The molecular formula is C25H43N5O9P2S2. The van der Waals surface area contributed by atoms with Crippen LogP contribution in [0, 0.1) is 0 Å². The molecule has 0 saturated carbocycles. The molecule has 4 unspecified atom stereocenters. The number of amides is 7. The van der Waals surface area contributed by atoms with Gasteiger partial charge in [0.05, 0.1) is 41.8 Å². The zero-order chi connectivity index (χ0) is 32.2. The van der Waals surface area contributed by atoms with Crippen molar-refractivity contribution < 1.29 is 43.0 Å². The summed E-state index contributed by atoms with van der Waals surface area (Å²) in [5, 5.41) is 6.47. The number of carbonyl (C=O) groups excluding carboxylic acids is 7. The van der Waals surface area contributed by atoms with E-state index in [0.29, 0.717) is 39.5 Å². The molecule has 2 aliphatic heterocycles. The molecule has 0 aliphatic carbocycles. The van der Waals surface area contributed by atoms with Crippen LogP contribution in [0.2, 0.25) is 0 Å². The molecule has 18 heteroatoms. The van der Waals surface area contributed by atoms with Gasteiger partial charge in [0, 0.05) is 45.6 Å². The first-order valence-corrected chi connectivity index (χ1v) is 17.2. The summed E-state index contributed by atoms with van der Waals surface area (Å²) in [5.74, 6) is -1.39. The van der Waals surface area contributed by atoms with Crippen LogP contribution in [0.15, 0.2) is 0 Å². The molecule has 0 aromatic heterocycles. The van der Waals surface area contributed by atoms with Crippen LogP contribution in [-0.4, -0.2) is 119 Å². The maximum Gasteiger partial charge on any atom is 0.242 e. The Labute approximate surface area is 265 Å². The van der Waals surface area contributed by atoms with Crippen LogP contribution in [0.1, 0.15) is 46.0 Å². The molecule has 244 valence electrons. The maximum atomic E-state index is 12.2. The number of likely N-dealkylation sites (tertiary alicyclic amines) is 2. The fraction of sp³-hybridized carbons (Fsp3) is 0.720. The van der Waals surface area contributed by atoms with Gasteiger partial charge >= 0.3 is 0 Å². The SMILES string of the molecule is CCCOCCN1C(=O)CC(SCC(=O)NP)C1=O.CCCOCCNC(=O)CCN1C(=O)CC(SCC(=O)NP)C1=O. The summed E-state index contributed by atoms with van der Waals surface area (Å²) in [7, 11) is 4.20. The molecule has 0 aromatic carbocycles. The summed E-state index contributed by atoms with van der Waals surface area (Å²) < 4.78 is 10.5. The monoisotopic (exact) mass is 683 g/mol. The number of ether oxygens (including phenoxy) is 2. The lowest BCUT2D eigenvalue weighted by atomic mass is 10.3.